The molecule has 0 unspecified atom stereocenters. The molecule has 20 heavy (non-hydrogen) atoms. The van der Waals surface area contributed by atoms with E-state index in [9.17, 15) is 14.7 Å². The molecule has 1 N–H and O–H groups in total. The molecule has 1 atom stereocenters. The van der Waals surface area contributed by atoms with Crippen molar-refractivity contribution in [1.82, 2.24) is 0 Å². The van der Waals surface area contributed by atoms with Crippen LogP contribution in [0.4, 0.5) is 5.69 Å². The van der Waals surface area contributed by atoms with E-state index in [2.05, 4.69) is 6.92 Å². The summed E-state index contributed by atoms with van der Waals surface area (Å²) in [5, 5.41) is 9.31. The second-order valence-corrected chi connectivity index (χ2v) is 5.96. The van der Waals surface area contributed by atoms with E-state index in [1.165, 1.54) is 4.90 Å². The van der Waals surface area contributed by atoms with Gasteiger partial charge in [0.1, 0.15) is 6.04 Å². The first-order valence-corrected chi connectivity index (χ1v) is 8.01. The van der Waals surface area contributed by atoms with Crippen molar-refractivity contribution in [3.05, 3.63) is 29.8 Å². The van der Waals surface area contributed by atoms with Crippen LogP contribution in [0.1, 0.15) is 25.3 Å². The van der Waals surface area contributed by atoms with Crippen molar-refractivity contribution in [2.24, 2.45) is 0 Å². The number of rotatable bonds is 6. The molecule has 0 spiro atoms. The fraction of sp³-hybridized carbons (Fsp3) is 0.467. The highest BCUT2D eigenvalue weighted by molar-refractivity contribution is 7.99. The summed E-state index contributed by atoms with van der Waals surface area (Å²) < 4.78 is 0. The summed E-state index contributed by atoms with van der Waals surface area (Å²) in [4.78, 5) is 25.1. The number of carbonyl (C=O) groups excluding carboxylic acids is 1. The largest absolute Gasteiger partial charge is 0.480 e. The summed E-state index contributed by atoms with van der Waals surface area (Å²) in [5.41, 5.74) is 1.69. The minimum atomic E-state index is -0.937. The van der Waals surface area contributed by atoms with Gasteiger partial charge in [0.15, 0.2) is 0 Å². The van der Waals surface area contributed by atoms with Crippen LogP contribution in [0, 0.1) is 0 Å². The molecule has 1 aromatic carbocycles. The van der Waals surface area contributed by atoms with Crippen molar-refractivity contribution in [3.8, 4) is 0 Å². The van der Waals surface area contributed by atoms with Crippen LogP contribution >= 0.6 is 11.8 Å². The highest BCUT2D eigenvalue weighted by atomic mass is 32.2. The molecule has 1 aromatic rings. The maximum absolute atomic E-state index is 12.3. The smallest absolute Gasteiger partial charge is 0.327 e. The van der Waals surface area contributed by atoms with Gasteiger partial charge in [-0.15, -0.1) is 0 Å². The molecule has 0 saturated heterocycles. The Kier molecular flexibility index (Phi) is 5.06. The third-order valence-corrected chi connectivity index (χ3v) is 4.43. The number of hydrogen-bond acceptors (Lipinski definition) is 3. The zero-order chi connectivity index (χ0) is 14.5. The van der Waals surface area contributed by atoms with Gasteiger partial charge in [0.05, 0.1) is 5.75 Å². The number of amides is 1. The van der Waals surface area contributed by atoms with Crippen LogP contribution in [0.25, 0.3) is 0 Å². The molecule has 0 aliphatic carbocycles. The van der Waals surface area contributed by atoms with Gasteiger partial charge in [-0.1, -0.05) is 31.5 Å². The van der Waals surface area contributed by atoms with Crippen LogP contribution < -0.4 is 4.90 Å². The number of benzene rings is 1. The molecule has 1 heterocycles. The van der Waals surface area contributed by atoms with Crippen molar-refractivity contribution in [3.63, 3.8) is 0 Å². The van der Waals surface area contributed by atoms with Crippen molar-refractivity contribution < 1.29 is 14.7 Å². The van der Waals surface area contributed by atoms with Gasteiger partial charge in [-0.05, 0) is 23.8 Å². The molecule has 0 radical (unpaired) electrons. The van der Waals surface area contributed by atoms with Crippen molar-refractivity contribution in [2.45, 2.75) is 32.2 Å². The van der Waals surface area contributed by atoms with Crippen LogP contribution in [0.2, 0.25) is 0 Å². The first-order chi connectivity index (χ1) is 9.65. The minimum absolute atomic E-state index is 0.108. The van der Waals surface area contributed by atoms with E-state index in [1.54, 1.807) is 11.8 Å². The van der Waals surface area contributed by atoms with Gasteiger partial charge in [0.2, 0.25) is 5.91 Å². The van der Waals surface area contributed by atoms with E-state index in [-0.39, 0.29) is 5.91 Å². The first kappa shape index (κ1) is 14.9. The number of carboxylic acid groups (broad SMARTS) is 1. The lowest BCUT2D eigenvalue weighted by Gasteiger charge is -2.22. The Morgan fingerprint density at radius 2 is 2.15 bits per heavy atom. The van der Waals surface area contributed by atoms with E-state index < -0.39 is 12.0 Å². The molecule has 0 aromatic heterocycles. The summed E-state index contributed by atoms with van der Waals surface area (Å²) in [7, 11) is 0. The third-order valence-electron chi connectivity index (χ3n) is 3.40. The van der Waals surface area contributed by atoms with E-state index in [0.717, 1.165) is 29.8 Å². The molecule has 0 fully saturated rings. The normalized spacial score (nSPS) is 17.1. The summed E-state index contributed by atoms with van der Waals surface area (Å²) in [6.45, 7) is 2.11. The quantitative estimate of drug-likeness (QED) is 0.819. The third kappa shape index (κ3) is 3.15. The Balaban J connectivity index is 2.10. The van der Waals surface area contributed by atoms with Crippen LogP contribution in [0.3, 0.4) is 0 Å². The highest BCUT2D eigenvalue weighted by Gasteiger charge is 2.37. The topological polar surface area (TPSA) is 57.6 Å². The summed E-state index contributed by atoms with van der Waals surface area (Å²) >= 11 is 1.58. The van der Waals surface area contributed by atoms with E-state index in [1.807, 2.05) is 24.3 Å². The van der Waals surface area contributed by atoms with Gasteiger partial charge < -0.3 is 5.11 Å². The van der Waals surface area contributed by atoms with E-state index >= 15 is 0 Å². The maximum atomic E-state index is 12.3. The van der Waals surface area contributed by atoms with Gasteiger partial charge >= 0.3 is 5.97 Å². The minimum Gasteiger partial charge on any atom is -0.480 e. The standard InChI is InChI=1S/C15H19NO3S/c1-2-3-8-20-10-14(17)16-12-7-5-4-6-11(12)9-13(16)15(18)19/h4-7,13H,2-3,8-10H2,1H3,(H,18,19)/t13-/m0/s1. The zero-order valence-electron chi connectivity index (χ0n) is 11.5. The number of unbranched alkanes of at least 4 members (excludes halogenated alkanes) is 1. The second-order valence-electron chi connectivity index (χ2n) is 4.86. The number of hydrogen-bond donors (Lipinski definition) is 1. The molecule has 1 amide bonds. The number of thioether (sulfide) groups is 1. The van der Waals surface area contributed by atoms with Crippen LogP contribution in [-0.2, 0) is 16.0 Å². The molecule has 108 valence electrons. The van der Waals surface area contributed by atoms with Gasteiger partial charge in [0.25, 0.3) is 0 Å². The Bertz CT molecular complexity index is 504. The lowest BCUT2D eigenvalue weighted by Crippen LogP contribution is -2.43. The molecule has 1 aliphatic heterocycles. The SMILES string of the molecule is CCCCSCC(=O)N1c2ccccc2C[C@H]1C(=O)O. The number of para-hydroxylation sites is 1. The lowest BCUT2D eigenvalue weighted by molar-refractivity contribution is -0.139. The molecular formula is C15H19NO3S. The molecule has 0 saturated carbocycles. The fourth-order valence-corrected chi connectivity index (χ4v) is 3.32. The Hall–Kier alpha value is -1.49. The zero-order valence-corrected chi connectivity index (χ0v) is 12.4. The molecular weight excluding hydrogens is 274 g/mol. The Morgan fingerprint density at radius 3 is 2.85 bits per heavy atom. The monoisotopic (exact) mass is 293 g/mol. The van der Waals surface area contributed by atoms with E-state index in [0.29, 0.717) is 12.2 Å². The highest BCUT2D eigenvalue weighted by Crippen LogP contribution is 2.32. The number of carboxylic acids is 1. The van der Waals surface area contributed by atoms with Gasteiger partial charge in [0, 0.05) is 12.1 Å². The Morgan fingerprint density at radius 1 is 1.40 bits per heavy atom. The lowest BCUT2D eigenvalue weighted by atomic mass is 10.1. The van der Waals surface area contributed by atoms with E-state index in [4.69, 9.17) is 0 Å². The van der Waals surface area contributed by atoms with Gasteiger partial charge in [-0.2, -0.15) is 11.8 Å². The number of anilines is 1. The van der Waals surface area contributed by atoms with Crippen molar-refractivity contribution in [2.75, 3.05) is 16.4 Å². The fourth-order valence-electron chi connectivity index (χ4n) is 2.37. The predicted molar refractivity (Wildman–Crippen MR) is 81.3 cm³/mol. The summed E-state index contributed by atoms with van der Waals surface area (Å²) in [5.74, 6) is 0.240. The van der Waals surface area contributed by atoms with Crippen LogP contribution in [0.15, 0.2) is 24.3 Å². The number of carbonyl (C=O) groups is 2. The second kappa shape index (κ2) is 6.79. The van der Waals surface area contributed by atoms with Crippen molar-refractivity contribution >= 4 is 29.3 Å². The summed E-state index contributed by atoms with van der Waals surface area (Å²) in [6, 6.07) is 6.68. The van der Waals surface area contributed by atoms with Crippen LogP contribution in [0.5, 0.6) is 0 Å². The van der Waals surface area contributed by atoms with Gasteiger partial charge in [-0.25, -0.2) is 4.79 Å². The number of aliphatic carboxylic acids is 1. The predicted octanol–water partition coefficient (Wildman–Crippen LogP) is 2.56. The van der Waals surface area contributed by atoms with Crippen LogP contribution in [-0.4, -0.2) is 34.5 Å². The maximum Gasteiger partial charge on any atom is 0.327 e. The van der Waals surface area contributed by atoms with Gasteiger partial charge in [-0.3, -0.25) is 9.69 Å². The first-order valence-electron chi connectivity index (χ1n) is 6.85. The Labute approximate surface area is 123 Å². The molecule has 1 aliphatic rings. The number of fused-ring (bicyclic) bond motifs is 1. The average Bonchev–Trinajstić information content (AvgIpc) is 2.83. The summed E-state index contributed by atoms with van der Waals surface area (Å²) in [6.07, 6.45) is 2.58. The molecule has 0 bridgehead atoms. The van der Waals surface area contributed by atoms with Crippen molar-refractivity contribution in [1.29, 1.82) is 0 Å². The average molecular weight is 293 g/mol. The molecule has 2 rings (SSSR count). The molecule has 4 nitrogen and oxygen atoms in total. The number of nitrogens with zero attached hydrogens (tertiary/aromatic N) is 1. The molecule has 5 heteroatoms.